The predicted molar refractivity (Wildman–Crippen MR) is 147 cm³/mol. The molecule has 5 heteroatoms. The highest BCUT2D eigenvalue weighted by Crippen LogP contribution is 2.39. The topological polar surface area (TPSA) is 57.0 Å². The van der Waals surface area contributed by atoms with Crippen molar-refractivity contribution in [2.45, 2.75) is 64.3 Å². The molecule has 2 heterocycles. The Balaban J connectivity index is 1.33. The number of nitrogens with zero attached hydrogens (tertiary/aromatic N) is 3. The van der Waals surface area contributed by atoms with Gasteiger partial charge in [-0.15, -0.1) is 11.8 Å². The van der Waals surface area contributed by atoms with Crippen LogP contribution in [0.15, 0.2) is 59.6 Å². The van der Waals surface area contributed by atoms with E-state index in [0.717, 1.165) is 54.2 Å². The molecule has 2 aliphatic rings. The van der Waals surface area contributed by atoms with E-state index >= 15 is 0 Å². The third-order valence-corrected chi connectivity index (χ3v) is 8.62. The summed E-state index contributed by atoms with van der Waals surface area (Å²) in [4.78, 5) is 20.4. The van der Waals surface area contributed by atoms with Crippen molar-refractivity contribution >= 4 is 29.0 Å². The van der Waals surface area contributed by atoms with E-state index < -0.39 is 0 Å². The van der Waals surface area contributed by atoms with Crippen LogP contribution in [0.25, 0.3) is 0 Å². The molecule has 4 nitrogen and oxygen atoms in total. The minimum absolute atomic E-state index is 0.0776. The number of hydrogen-bond donors (Lipinski definition) is 0. The first-order chi connectivity index (χ1) is 17.3. The van der Waals surface area contributed by atoms with Gasteiger partial charge in [-0.25, -0.2) is 4.98 Å². The zero-order valence-corrected chi connectivity index (χ0v) is 22.2. The number of amides is 1. The van der Waals surface area contributed by atoms with Crippen molar-refractivity contribution in [3.8, 4) is 6.07 Å². The van der Waals surface area contributed by atoms with Gasteiger partial charge in [0.05, 0.1) is 16.9 Å². The van der Waals surface area contributed by atoms with E-state index in [9.17, 15) is 10.1 Å². The molecular weight excluding hydrogens is 462 g/mol. The Morgan fingerprint density at radius 3 is 2.28 bits per heavy atom. The van der Waals surface area contributed by atoms with E-state index in [-0.39, 0.29) is 11.3 Å². The van der Waals surface area contributed by atoms with Crippen molar-refractivity contribution in [2.24, 2.45) is 11.3 Å². The van der Waals surface area contributed by atoms with Crippen LogP contribution in [0.3, 0.4) is 0 Å². The van der Waals surface area contributed by atoms with Crippen molar-refractivity contribution in [3.05, 3.63) is 82.5 Å². The third kappa shape index (κ3) is 4.92. The Kier molecular flexibility index (Phi) is 6.90. The Labute approximate surface area is 218 Å². The van der Waals surface area contributed by atoms with Gasteiger partial charge in [0.15, 0.2) is 0 Å². The molecule has 184 valence electrons. The summed E-state index contributed by atoms with van der Waals surface area (Å²) >= 11 is 1.53. The minimum Gasteiger partial charge on any atom is -0.280 e. The highest BCUT2D eigenvalue weighted by molar-refractivity contribution is 7.99. The van der Waals surface area contributed by atoms with Crippen molar-refractivity contribution in [1.82, 2.24) is 4.98 Å². The highest BCUT2D eigenvalue weighted by Gasteiger charge is 2.30. The Hall–Kier alpha value is -3.10. The molecule has 1 aliphatic heterocycles. The molecule has 0 spiro atoms. The molecule has 0 radical (unpaired) electrons. The summed E-state index contributed by atoms with van der Waals surface area (Å²) in [6.07, 6.45) is 5.29. The first-order valence-corrected chi connectivity index (χ1v) is 13.9. The summed E-state index contributed by atoms with van der Waals surface area (Å²) in [7, 11) is 0. The average molecular weight is 496 g/mol. The Morgan fingerprint density at radius 2 is 1.67 bits per heavy atom. The fourth-order valence-electron chi connectivity index (χ4n) is 5.47. The SMILES string of the molecule is CC(C)(C)C1CCc2nc(SCCC(=O)N3c4ccccc4CCc4ccccc43)c(C#N)cc2C1. The van der Waals surface area contributed by atoms with Crippen LogP contribution in [0.1, 0.15) is 61.6 Å². The smallest absolute Gasteiger partial charge is 0.232 e. The molecule has 2 aromatic carbocycles. The Bertz CT molecular complexity index is 1290. The summed E-state index contributed by atoms with van der Waals surface area (Å²) in [5.74, 6) is 1.27. The van der Waals surface area contributed by atoms with Crippen LogP contribution in [0.2, 0.25) is 0 Å². The fraction of sp³-hybridized carbons (Fsp3) is 0.387. The number of hydrogen-bond acceptors (Lipinski definition) is 4. The van der Waals surface area contributed by atoms with Crippen LogP contribution in [0.4, 0.5) is 11.4 Å². The maximum absolute atomic E-state index is 13.6. The molecule has 1 atom stereocenters. The number of aryl methyl sites for hydroxylation is 3. The van der Waals surface area contributed by atoms with Crippen LogP contribution in [-0.4, -0.2) is 16.6 Å². The predicted octanol–water partition coefficient (Wildman–Crippen LogP) is 7.05. The van der Waals surface area contributed by atoms with Gasteiger partial charge in [-0.2, -0.15) is 5.26 Å². The lowest BCUT2D eigenvalue weighted by Crippen LogP contribution is -2.27. The van der Waals surface area contributed by atoms with Gasteiger partial charge in [0.1, 0.15) is 11.1 Å². The fourth-order valence-corrected chi connectivity index (χ4v) is 6.38. The van der Waals surface area contributed by atoms with Gasteiger partial charge in [-0.05, 0) is 78.3 Å². The van der Waals surface area contributed by atoms with Gasteiger partial charge < -0.3 is 0 Å². The van der Waals surface area contributed by atoms with E-state index in [1.165, 1.54) is 28.5 Å². The maximum atomic E-state index is 13.6. The first-order valence-electron chi connectivity index (χ1n) is 12.9. The van der Waals surface area contributed by atoms with E-state index in [2.05, 4.69) is 39.0 Å². The van der Waals surface area contributed by atoms with E-state index in [1.807, 2.05) is 47.4 Å². The monoisotopic (exact) mass is 495 g/mol. The van der Waals surface area contributed by atoms with Crippen LogP contribution < -0.4 is 4.90 Å². The van der Waals surface area contributed by atoms with Crippen molar-refractivity contribution in [3.63, 3.8) is 0 Å². The molecule has 0 bridgehead atoms. The first kappa shape index (κ1) is 24.6. The number of carbonyl (C=O) groups is 1. The van der Waals surface area contributed by atoms with E-state index in [4.69, 9.17) is 4.98 Å². The van der Waals surface area contributed by atoms with Gasteiger partial charge in [0, 0.05) is 17.9 Å². The number of thioether (sulfide) groups is 1. The highest BCUT2D eigenvalue weighted by atomic mass is 32.2. The zero-order valence-electron chi connectivity index (χ0n) is 21.4. The summed E-state index contributed by atoms with van der Waals surface area (Å²) < 4.78 is 0. The van der Waals surface area contributed by atoms with Crippen molar-refractivity contribution in [2.75, 3.05) is 10.7 Å². The van der Waals surface area contributed by atoms with Crippen molar-refractivity contribution < 1.29 is 4.79 Å². The van der Waals surface area contributed by atoms with Gasteiger partial charge in [0.25, 0.3) is 0 Å². The van der Waals surface area contributed by atoms with Gasteiger partial charge >= 0.3 is 0 Å². The molecule has 36 heavy (non-hydrogen) atoms. The molecule has 3 aromatic rings. The molecule has 1 amide bonds. The second kappa shape index (κ2) is 10.1. The summed E-state index contributed by atoms with van der Waals surface area (Å²) in [6.45, 7) is 6.89. The third-order valence-electron chi connectivity index (χ3n) is 7.63. The van der Waals surface area contributed by atoms with Crippen LogP contribution >= 0.6 is 11.8 Å². The van der Waals surface area contributed by atoms with Crippen LogP contribution in [-0.2, 0) is 30.5 Å². The second-order valence-electron chi connectivity index (χ2n) is 10.9. The molecule has 0 saturated carbocycles. The summed E-state index contributed by atoms with van der Waals surface area (Å²) in [6, 6.07) is 20.8. The molecule has 1 aromatic heterocycles. The number of para-hydroxylation sites is 2. The molecule has 0 N–H and O–H groups in total. The number of anilines is 2. The van der Waals surface area contributed by atoms with E-state index in [1.54, 1.807) is 0 Å². The molecule has 1 unspecified atom stereocenters. The number of rotatable bonds is 4. The Morgan fingerprint density at radius 1 is 1.03 bits per heavy atom. The maximum Gasteiger partial charge on any atom is 0.232 e. The number of carbonyl (C=O) groups excluding carboxylic acids is 1. The number of fused-ring (bicyclic) bond motifs is 3. The zero-order chi connectivity index (χ0) is 25.3. The largest absolute Gasteiger partial charge is 0.280 e. The molecule has 1 aliphatic carbocycles. The van der Waals surface area contributed by atoms with Crippen LogP contribution in [0.5, 0.6) is 0 Å². The lowest BCUT2D eigenvalue weighted by molar-refractivity contribution is -0.117. The lowest BCUT2D eigenvalue weighted by Gasteiger charge is -2.34. The van der Waals surface area contributed by atoms with E-state index in [0.29, 0.717) is 23.7 Å². The van der Waals surface area contributed by atoms with Crippen molar-refractivity contribution in [1.29, 1.82) is 5.26 Å². The lowest BCUT2D eigenvalue weighted by atomic mass is 9.71. The van der Waals surface area contributed by atoms with Gasteiger partial charge in [-0.1, -0.05) is 57.2 Å². The number of nitriles is 1. The molecule has 5 rings (SSSR count). The minimum atomic E-state index is 0.0776. The van der Waals surface area contributed by atoms with Gasteiger partial charge in [0.2, 0.25) is 5.91 Å². The van der Waals surface area contributed by atoms with Crippen LogP contribution in [0, 0.1) is 22.7 Å². The molecular formula is C31H33N3OS. The standard InChI is InChI=1S/C31H33N3OS/c1-31(2,3)25-14-15-26-23(19-25)18-24(20-32)30(33-26)36-17-16-29(35)34-27-10-6-4-8-21(27)12-13-22-9-5-7-11-28(22)34/h4-11,18,25H,12-17,19H2,1-3H3. The summed E-state index contributed by atoms with van der Waals surface area (Å²) in [5, 5.41) is 10.6. The quantitative estimate of drug-likeness (QED) is 0.364. The second-order valence-corrected chi connectivity index (χ2v) is 12.0. The normalized spacial score (nSPS) is 16.8. The molecule has 0 saturated heterocycles. The number of benzene rings is 2. The van der Waals surface area contributed by atoms with Gasteiger partial charge in [-0.3, -0.25) is 9.69 Å². The average Bonchev–Trinajstić information content (AvgIpc) is 3.04. The summed E-state index contributed by atoms with van der Waals surface area (Å²) in [5.41, 5.74) is 7.59. The number of pyridine rings is 1. The number of aromatic nitrogens is 1. The molecule has 0 fully saturated rings.